The maximum Gasteiger partial charge on any atom is 0.0488 e. The Hall–Kier alpha value is -1.24. The van der Waals surface area contributed by atoms with Gasteiger partial charge in [-0.1, -0.05) is 31.5 Å². The number of unbranched alkanes of at least 4 members (excludes halogenated alkanes) is 1. The standard InChI is InChI=1S/C13H16N/c1-3-4-9-14-11(2)10-12-7-5-6-8-13(12)14/h5-8H,3-4,9H2,1-2H3. The van der Waals surface area contributed by atoms with Crippen LogP contribution in [0.25, 0.3) is 10.9 Å². The lowest BCUT2D eigenvalue weighted by Crippen LogP contribution is -1.98. The molecule has 0 saturated carbocycles. The van der Waals surface area contributed by atoms with E-state index in [1.165, 1.54) is 29.4 Å². The molecule has 1 heterocycles. The Morgan fingerprint density at radius 2 is 2.07 bits per heavy atom. The van der Waals surface area contributed by atoms with Crippen molar-refractivity contribution in [2.75, 3.05) is 0 Å². The van der Waals surface area contributed by atoms with Gasteiger partial charge in [-0.25, -0.2) is 0 Å². The fourth-order valence-electron chi connectivity index (χ4n) is 1.86. The minimum absolute atomic E-state index is 1.12. The zero-order valence-corrected chi connectivity index (χ0v) is 8.88. The van der Waals surface area contributed by atoms with Gasteiger partial charge in [-0.3, -0.25) is 0 Å². The van der Waals surface area contributed by atoms with Crippen molar-refractivity contribution in [3.05, 3.63) is 36.0 Å². The number of hydrogen-bond acceptors (Lipinski definition) is 0. The van der Waals surface area contributed by atoms with E-state index in [1.54, 1.807) is 0 Å². The number of aryl methyl sites for hydroxylation is 2. The summed E-state index contributed by atoms with van der Waals surface area (Å²) < 4.78 is 2.36. The van der Waals surface area contributed by atoms with E-state index in [4.69, 9.17) is 0 Å². The van der Waals surface area contributed by atoms with Gasteiger partial charge in [0.05, 0.1) is 0 Å². The van der Waals surface area contributed by atoms with Crippen LogP contribution in [0.5, 0.6) is 0 Å². The van der Waals surface area contributed by atoms with Crippen molar-refractivity contribution >= 4 is 10.9 Å². The molecule has 73 valence electrons. The van der Waals surface area contributed by atoms with Crippen molar-refractivity contribution in [1.29, 1.82) is 0 Å². The van der Waals surface area contributed by atoms with Crippen LogP contribution in [0, 0.1) is 13.0 Å². The molecule has 1 aromatic heterocycles. The lowest BCUT2D eigenvalue weighted by Gasteiger charge is -2.06. The Morgan fingerprint density at radius 3 is 2.86 bits per heavy atom. The van der Waals surface area contributed by atoms with Gasteiger partial charge in [0.25, 0.3) is 0 Å². The van der Waals surface area contributed by atoms with Gasteiger partial charge in [0.15, 0.2) is 0 Å². The lowest BCUT2D eigenvalue weighted by molar-refractivity contribution is 0.637. The Balaban J connectivity index is 2.45. The number of nitrogens with zero attached hydrogens (tertiary/aromatic N) is 1. The predicted octanol–water partition coefficient (Wildman–Crippen LogP) is 3.55. The van der Waals surface area contributed by atoms with Gasteiger partial charge in [0.2, 0.25) is 0 Å². The van der Waals surface area contributed by atoms with Gasteiger partial charge in [0.1, 0.15) is 0 Å². The van der Waals surface area contributed by atoms with Crippen molar-refractivity contribution in [1.82, 2.24) is 4.57 Å². The first-order valence-electron chi connectivity index (χ1n) is 5.30. The maximum atomic E-state index is 3.40. The molecular weight excluding hydrogens is 170 g/mol. The molecule has 1 heteroatoms. The normalized spacial score (nSPS) is 11.0. The van der Waals surface area contributed by atoms with Crippen molar-refractivity contribution in [2.45, 2.75) is 33.2 Å². The monoisotopic (exact) mass is 186 g/mol. The molecule has 0 spiro atoms. The summed E-state index contributed by atoms with van der Waals surface area (Å²) in [5, 5.41) is 1.24. The van der Waals surface area contributed by atoms with Crippen LogP contribution < -0.4 is 0 Å². The average Bonchev–Trinajstić information content (AvgIpc) is 2.51. The SMILES string of the molecule is CCCCn1c(C)[c]c2ccccc21. The Kier molecular flexibility index (Phi) is 2.58. The molecule has 0 aliphatic rings. The maximum absolute atomic E-state index is 3.40. The average molecular weight is 186 g/mol. The van der Waals surface area contributed by atoms with Crippen LogP contribution in [0.2, 0.25) is 0 Å². The first-order chi connectivity index (χ1) is 6.83. The quantitative estimate of drug-likeness (QED) is 0.690. The van der Waals surface area contributed by atoms with Crippen molar-refractivity contribution in [3.8, 4) is 0 Å². The molecule has 2 aromatic rings. The number of hydrogen-bond donors (Lipinski definition) is 0. The molecule has 0 bridgehead atoms. The second-order valence-electron chi connectivity index (χ2n) is 3.73. The van der Waals surface area contributed by atoms with Gasteiger partial charge < -0.3 is 4.57 Å². The molecule has 0 atom stereocenters. The van der Waals surface area contributed by atoms with Gasteiger partial charge in [0, 0.05) is 29.2 Å². The molecular formula is C13H16N. The fraction of sp³-hybridized carbons (Fsp3) is 0.385. The first-order valence-corrected chi connectivity index (χ1v) is 5.30. The summed E-state index contributed by atoms with van der Waals surface area (Å²) >= 11 is 0. The van der Waals surface area contributed by atoms with Crippen molar-refractivity contribution < 1.29 is 0 Å². The fourth-order valence-corrected chi connectivity index (χ4v) is 1.86. The molecule has 0 aliphatic carbocycles. The molecule has 1 aromatic carbocycles. The largest absolute Gasteiger partial charge is 0.344 e. The molecule has 14 heavy (non-hydrogen) atoms. The van der Waals surface area contributed by atoms with E-state index >= 15 is 0 Å². The lowest BCUT2D eigenvalue weighted by atomic mass is 10.2. The van der Waals surface area contributed by atoms with Gasteiger partial charge in [-0.2, -0.15) is 0 Å². The zero-order chi connectivity index (χ0) is 9.97. The first kappa shape index (κ1) is 9.32. The van der Waals surface area contributed by atoms with E-state index in [-0.39, 0.29) is 0 Å². The summed E-state index contributed by atoms with van der Waals surface area (Å²) in [6, 6.07) is 11.9. The molecule has 0 unspecified atom stereocenters. The minimum atomic E-state index is 1.12. The number of benzene rings is 1. The number of aromatic nitrogens is 1. The Labute approximate surface area is 85.4 Å². The van der Waals surface area contributed by atoms with Crippen LogP contribution in [-0.2, 0) is 6.54 Å². The number of rotatable bonds is 3. The Morgan fingerprint density at radius 1 is 1.29 bits per heavy atom. The molecule has 1 nitrogen and oxygen atoms in total. The smallest absolute Gasteiger partial charge is 0.0488 e. The van der Waals surface area contributed by atoms with E-state index < -0.39 is 0 Å². The highest BCUT2D eigenvalue weighted by atomic mass is 15.0. The van der Waals surface area contributed by atoms with E-state index in [9.17, 15) is 0 Å². The van der Waals surface area contributed by atoms with E-state index in [0.29, 0.717) is 0 Å². The third-order valence-electron chi connectivity index (χ3n) is 2.65. The van der Waals surface area contributed by atoms with Crippen molar-refractivity contribution in [3.63, 3.8) is 0 Å². The van der Waals surface area contributed by atoms with Gasteiger partial charge >= 0.3 is 0 Å². The molecule has 0 N–H and O–H groups in total. The second kappa shape index (κ2) is 3.87. The highest BCUT2D eigenvalue weighted by Crippen LogP contribution is 2.18. The molecule has 0 aliphatic heterocycles. The van der Waals surface area contributed by atoms with E-state index in [2.05, 4.69) is 48.7 Å². The van der Waals surface area contributed by atoms with Crippen LogP contribution >= 0.6 is 0 Å². The summed E-state index contributed by atoms with van der Waals surface area (Å²) in [6.07, 6.45) is 2.49. The highest BCUT2D eigenvalue weighted by molar-refractivity contribution is 5.80. The minimum Gasteiger partial charge on any atom is -0.344 e. The predicted molar refractivity (Wildman–Crippen MR) is 60.4 cm³/mol. The molecule has 1 radical (unpaired) electrons. The summed E-state index contributed by atoms with van der Waals surface area (Å²) in [7, 11) is 0. The van der Waals surface area contributed by atoms with Gasteiger partial charge in [-0.05, 0) is 19.4 Å². The van der Waals surface area contributed by atoms with Crippen LogP contribution in [0.4, 0.5) is 0 Å². The van der Waals surface area contributed by atoms with E-state index in [1.807, 2.05) is 0 Å². The highest BCUT2D eigenvalue weighted by Gasteiger charge is 2.03. The third-order valence-corrected chi connectivity index (χ3v) is 2.65. The molecule has 0 saturated heterocycles. The third kappa shape index (κ3) is 1.54. The Bertz CT molecular complexity index is 426. The summed E-state index contributed by atoms with van der Waals surface area (Å²) in [4.78, 5) is 0. The summed E-state index contributed by atoms with van der Waals surface area (Å²) in [5.74, 6) is 0. The van der Waals surface area contributed by atoms with Crippen LogP contribution in [-0.4, -0.2) is 4.57 Å². The number of para-hydroxylation sites is 1. The summed E-state index contributed by atoms with van der Waals surface area (Å²) in [5.41, 5.74) is 2.57. The molecule has 2 rings (SSSR count). The second-order valence-corrected chi connectivity index (χ2v) is 3.73. The molecule has 0 amide bonds. The van der Waals surface area contributed by atoms with Crippen LogP contribution in [0.1, 0.15) is 25.5 Å². The van der Waals surface area contributed by atoms with Gasteiger partial charge in [-0.15, -0.1) is 0 Å². The summed E-state index contributed by atoms with van der Waals surface area (Å²) in [6.45, 7) is 5.48. The van der Waals surface area contributed by atoms with Crippen LogP contribution in [0.15, 0.2) is 24.3 Å². The number of fused-ring (bicyclic) bond motifs is 1. The van der Waals surface area contributed by atoms with Crippen LogP contribution in [0.3, 0.4) is 0 Å². The van der Waals surface area contributed by atoms with E-state index in [0.717, 1.165) is 6.54 Å². The topological polar surface area (TPSA) is 4.93 Å². The molecule has 0 fully saturated rings. The van der Waals surface area contributed by atoms with Crippen molar-refractivity contribution in [2.24, 2.45) is 0 Å². The zero-order valence-electron chi connectivity index (χ0n) is 8.88.